The first-order valence-corrected chi connectivity index (χ1v) is 6.53. The second-order valence-corrected chi connectivity index (χ2v) is 4.24. The SMILES string of the molecule is CCOC(=O)CNCc1ccc2cccc(OC)c2n1. The fourth-order valence-corrected chi connectivity index (χ4v) is 1.93. The summed E-state index contributed by atoms with van der Waals surface area (Å²) in [5.74, 6) is 0.487. The Morgan fingerprint density at radius 2 is 2.15 bits per heavy atom. The number of hydrogen-bond donors (Lipinski definition) is 1. The van der Waals surface area contributed by atoms with Crippen LogP contribution in [0.25, 0.3) is 10.9 Å². The average molecular weight is 274 g/mol. The molecule has 0 aliphatic heterocycles. The number of nitrogens with one attached hydrogen (secondary N) is 1. The first kappa shape index (κ1) is 14.3. The van der Waals surface area contributed by atoms with Gasteiger partial charge in [-0.15, -0.1) is 0 Å². The van der Waals surface area contributed by atoms with Crippen molar-refractivity contribution >= 4 is 16.9 Å². The van der Waals surface area contributed by atoms with Crippen molar-refractivity contribution in [2.45, 2.75) is 13.5 Å². The van der Waals surface area contributed by atoms with Gasteiger partial charge in [-0.1, -0.05) is 18.2 Å². The molecule has 0 saturated heterocycles. The summed E-state index contributed by atoms with van der Waals surface area (Å²) in [6.45, 7) is 2.87. The zero-order valence-electron chi connectivity index (χ0n) is 11.7. The average Bonchev–Trinajstić information content (AvgIpc) is 2.47. The molecule has 0 atom stereocenters. The van der Waals surface area contributed by atoms with Crippen LogP contribution in [0, 0.1) is 0 Å². The summed E-state index contributed by atoms with van der Waals surface area (Å²) in [6.07, 6.45) is 0. The number of hydrogen-bond acceptors (Lipinski definition) is 5. The quantitative estimate of drug-likeness (QED) is 0.815. The van der Waals surface area contributed by atoms with Crippen molar-refractivity contribution in [2.24, 2.45) is 0 Å². The van der Waals surface area contributed by atoms with Crippen LogP contribution in [-0.4, -0.2) is 31.2 Å². The zero-order valence-corrected chi connectivity index (χ0v) is 11.7. The van der Waals surface area contributed by atoms with Gasteiger partial charge in [0.1, 0.15) is 11.3 Å². The number of aromatic nitrogens is 1. The lowest BCUT2D eigenvalue weighted by molar-refractivity contribution is -0.142. The van der Waals surface area contributed by atoms with E-state index >= 15 is 0 Å². The van der Waals surface area contributed by atoms with Crippen LogP contribution in [0.5, 0.6) is 5.75 Å². The summed E-state index contributed by atoms with van der Waals surface area (Å²) in [5.41, 5.74) is 1.68. The van der Waals surface area contributed by atoms with Gasteiger partial charge in [-0.05, 0) is 19.1 Å². The molecule has 2 rings (SSSR count). The van der Waals surface area contributed by atoms with Gasteiger partial charge in [-0.25, -0.2) is 4.98 Å². The van der Waals surface area contributed by atoms with E-state index in [0.29, 0.717) is 13.2 Å². The zero-order chi connectivity index (χ0) is 14.4. The molecule has 0 radical (unpaired) electrons. The highest BCUT2D eigenvalue weighted by Crippen LogP contribution is 2.23. The fraction of sp³-hybridized carbons (Fsp3) is 0.333. The Kier molecular flexibility index (Phi) is 4.90. The molecule has 0 spiro atoms. The van der Waals surface area contributed by atoms with Gasteiger partial charge in [0.05, 0.1) is 26.0 Å². The number of fused-ring (bicyclic) bond motifs is 1. The number of esters is 1. The molecule has 1 N–H and O–H groups in total. The van der Waals surface area contributed by atoms with Crippen LogP contribution >= 0.6 is 0 Å². The van der Waals surface area contributed by atoms with E-state index in [9.17, 15) is 4.79 Å². The molecule has 20 heavy (non-hydrogen) atoms. The second-order valence-electron chi connectivity index (χ2n) is 4.24. The first-order valence-electron chi connectivity index (χ1n) is 6.53. The molecule has 5 nitrogen and oxygen atoms in total. The van der Waals surface area contributed by atoms with Crippen LogP contribution in [0.1, 0.15) is 12.6 Å². The highest BCUT2D eigenvalue weighted by molar-refractivity contribution is 5.84. The lowest BCUT2D eigenvalue weighted by atomic mass is 10.2. The Morgan fingerprint density at radius 3 is 2.90 bits per heavy atom. The van der Waals surface area contributed by atoms with Gasteiger partial charge in [0.15, 0.2) is 0 Å². The van der Waals surface area contributed by atoms with E-state index in [0.717, 1.165) is 22.3 Å². The van der Waals surface area contributed by atoms with E-state index in [1.807, 2.05) is 30.3 Å². The molecule has 0 amide bonds. The number of para-hydroxylation sites is 1. The minimum absolute atomic E-state index is 0.180. The maximum atomic E-state index is 11.2. The minimum Gasteiger partial charge on any atom is -0.494 e. The van der Waals surface area contributed by atoms with Gasteiger partial charge in [0.2, 0.25) is 0 Å². The van der Waals surface area contributed by atoms with E-state index < -0.39 is 0 Å². The number of carbonyl (C=O) groups excluding carboxylic acids is 1. The number of pyridine rings is 1. The maximum absolute atomic E-state index is 11.2. The molecule has 0 saturated carbocycles. The predicted octanol–water partition coefficient (Wildman–Crippen LogP) is 1.90. The number of rotatable bonds is 6. The lowest BCUT2D eigenvalue weighted by Crippen LogP contribution is -2.24. The lowest BCUT2D eigenvalue weighted by Gasteiger charge is -2.08. The molecule has 5 heteroatoms. The minimum atomic E-state index is -0.258. The van der Waals surface area contributed by atoms with Gasteiger partial charge in [0.25, 0.3) is 0 Å². The van der Waals surface area contributed by atoms with E-state index in [1.54, 1.807) is 14.0 Å². The van der Waals surface area contributed by atoms with Crippen molar-refractivity contribution in [3.05, 3.63) is 36.0 Å². The van der Waals surface area contributed by atoms with Crippen molar-refractivity contribution in [3.8, 4) is 5.75 Å². The summed E-state index contributed by atoms with van der Waals surface area (Å²) < 4.78 is 10.1. The maximum Gasteiger partial charge on any atom is 0.319 e. The Morgan fingerprint density at radius 1 is 1.30 bits per heavy atom. The third kappa shape index (κ3) is 3.45. The van der Waals surface area contributed by atoms with Crippen molar-refractivity contribution in [3.63, 3.8) is 0 Å². The van der Waals surface area contributed by atoms with E-state index in [2.05, 4.69) is 10.3 Å². The number of ether oxygens (including phenoxy) is 2. The number of carbonyl (C=O) groups is 1. The molecule has 0 bridgehead atoms. The smallest absolute Gasteiger partial charge is 0.319 e. The number of methoxy groups -OCH3 is 1. The van der Waals surface area contributed by atoms with Crippen molar-refractivity contribution in [1.82, 2.24) is 10.3 Å². The fourth-order valence-electron chi connectivity index (χ4n) is 1.93. The molecule has 1 heterocycles. The summed E-state index contributed by atoms with van der Waals surface area (Å²) in [7, 11) is 1.63. The van der Waals surface area contributed by atoms with Crippen molar-refractivity contribution in [1.29, 1.82) is 0 Å². The third-order valence-corrected chi connectivity index (χ3v) is 2.84. The summed E-state index contributed by atoms with van der Waals surface area (Å²) in [5, 5.41) is 4.04. The second kappa shape index (κ2) is 6.86. The molecular weight excluding hydrogens is 256 g/mol. The molecule has 1 aromatic carbocycles. The van der Waals surface area contributed by atoms with Crippen LogP contribution in [-0.2, 0) is 16.1 Å². The number of nitrogens with zero attached hydrogens (tertiary/aromatic N) is 1. The Hall–Kier alpha value is -2.14. The predicted molar refractivity (Wildman–Crippen MR) is 76.6 cm³/mol. The van der Waals surface area contributed by atoms with Crippen LogP contribution in [0.4, 0.5) is 0 Å². The highest BCUT2D eigenvalue weighted by Gasteiger charge is 2.05. The summed E-state index contributed by atoms with van der Waals surface area (Å²) in [6, 6.07) is 9.72. The normalized spacial score (nSPS) is 10.5. The summed E-state index contributed by atoms with van der Waals surface area (Å²) in [4.78, 5) is 15.8. The molecule has 0 aliphatic rings. The molecule has 2 aromatic rings. The first-order chi connectivity index (χ1) is 9.74. The molecular formula is C15H18N2O3. The molecule has 0 unspecified atom stereocenters. The Bertz CT molecular complexity index is 599. The monoisotopic (exact) mass is 274 g/mol. The van der Waals surface area contributed by atoms with Crippen LogP contribution in [0.3, 0.4) is 0 Å². The van der Waals surface area contributed by atoms with Gasteiger partial charge in [0, 0.05) is 11.9 Å². The van der Waals surface area contributed by atoms with Crippen molar-refractivity contribution in [2.75, 3.05) is 20.3 Å². The molecule has 0 fully saturated rings. The third-order valence-electron chi connectivity index (χ3n) is 2.84. The van der Waals surface area contributed by atoms with Crippen LogP contribution in [0.15, 0.2) is 30.3 Å². The van der Waals surface area contributed by atoms with Crippen LogP contribution < -0.4 is 10.1 Å². The van der Waals surface area contributed by atoms with Gasteiger partial charge in [-0.2, -0.15) is 0 Å². The number of benzene rings is 1. The van der Waals surface area contributed by atoms with Gasteiger partial charge in [-0.3, -0.25) is 4.79 Å². The molecule has 106 valence electrons. The highest BCUT2D eigenvalue weighted by atomic mass is 16.5. The van der Waals surface area contributed by atoms with Gasteiger partial charge >= 0.3 is 5.97 Å². The van der Waals surface area contributed by atoms with E-state index in [4.69, 9.17) is 9.47 Å². The largest absolute Gasteiger partial charge is 0.494 e. The standard InChI is InChI=1S/C15H18N2O3/c1-3-20-14(18)10-16-9-12-8-7-11-5-4-6-13(19-2)15(11)17-12/h4-8,16H,3,9-10H2,1-2H3. The van der Waals surface area contributed by atoms with Crippen LogP contribution in [0.2, 0.25) is 0 Å². The van der Waals surface area contributed by atoms with Crippen molar-refractivity contribution < 1.29 is 14.3 Å². The summed E-state index contributed by atoms with van der Waals surface area (Å²) >= 11 is 0. The Labute approximate surface area is 117 Å². The van der Waals surface area contributed by atoms with Gasteiger partial charge < -0.3 is 14.8 Å². The van der Waals surface area contributed by atoms with E-state index in [1.165, 1.54) is 0 Å². The Balaban J connectivity index is 2.06. The topological polar surface area (TPSA) is 60.5 Å². The van der Waals surface area contributed by atoms with E-state index in [-0.39, 0.29) is 12.5 Å². The molecule has 0 aliphatic carbocycles. The molecule has 1 aromatic heterocycles.